The molecule has 4 nitrogen and oxygen atoms in total. The maximum absolute atomic E-state index is 12.2. The van der Waals surface area contributed by atoms with E-state index in [9.17, 15) is 9.59 Å². The number of carbonyl (C=O) groups excluding carboxylic acids is 2. The van der Waals surface area contributed by atoms with Crippen LogP contribution in [0, 0.1) is 5.92 Å². The van der Waals surface area contributed by atoms with E-state index in [-0.39, 0.29) is 11.1 Å². The molecule has 0 radical (unpaired) electrons. The Morgan fingerprint density at radius 2 is 1.57 bits per heavy atom. The molecule has 128 valence electrons. The lowest BCUT2D eigenvalue weighted by Crippen LogP contribution is -2.16. The Morgan fingerprint density at radius 3 is 2.13 bits per heavy atom. The smallest absolute Gasteiger partial charge is 0.339 e. The molecule has 1 aromatic carbocycles. The maximum atomic E-state index is 12.2. The summed E-state index contributed by atoms with van der Waals surface area (Å²) in [5, 5.41) is 0. The molecule has 0 saturated carbocycles. The molecule has 0 N–H and O–H groups in total. The van der Waals surface area contributed by atoms with E-state index < -0.39 is 11.9 Å². The fraction of sp³-hybridized carbons (Fsp3) is 0.579. The number of ether oxygens (including phenoxy) is 2. The van der Waals surface area contributed by atoms with Gasteiger partial charge >= 0.3 is 11.9 Å². The number of rotatable bonds is 10. The second kappa shape index (κ2) is 10.8. The van der Waals surface area contributed by atoms with E-state index in [1.54, 1.807) is 24.3 Å². The van der Waals surface area contributed by atoms with E-state index in [1.807, 2.05) is 13.8 Å². The lowest BCUT2D eigenvalue weighted by atomic mass is 10.1. The molecular formula is C19H28O4. The second-order valence-corrected chi connectivity index (χ2v) is 5.85. The molecule has 0 bridgehead atoms. The van der Waals surface area contributed by atoms with Gasteiger partial charge in [0.15, 0.2) is 0 Å². The number of hydrogen-bond donors (Lipinski definition) is 0. The van der Waals surface area contributed by atoms with Gasteiger partial charge in [-0.05, 0) is 24.5 Å². The highest BCUT2D eigenvalue weighted by Crippen LogP contribution is 2.13. The fourth-order valence-electron chi connectivity index (χ4n) is 2.02. The lowest BCUT2D eigenvalue weighted by Gasteiger charge is -2.12. The molecule has 0 aromatic heterocycles. The third kappa shape index (κ3) is 6.85. The minimum Gasteiger partial charge on any atom is -0.462 e. The molecular weight excluding hydrogens is 292 g/mol. The summed E-state index contributed by atoms with van der Waals surface area (Å²) in [7, 11) is 0. The van der Waals surface area contributed by atoms with E-state index in [0.717, 1.165) is 32.1 Å². The minimum absolute atomic E-state index is 0.273. The second-order valence-electron chi connectivity index (χ2n) is 5.85. The number of benzene rings is 1. The zero-order chi connectivity index (χ0) is 17.1. The van der Waals surface area contributed by atoms with E-state index in [1.165, 1.54) is 0 Å². The van der Waals surface area contributed by atoms with Crippen LogP contribution in [0.4, 0.5) is 0 Å². The van der Waals surface area contributed by atoms with Crippen molar-refractivity contribution in [2.75, 3.05) is 13.2 Å². The molecule has 0 aliphatic rings. The van der Waals surface area contributed by atoms with Gasteiger partial charge in [-0.25, -0.2) is 9.59 Å². The van der Waals surface area contributed by atoms with Crippen molar-refractivity contribution < 1.29 is 19.1 Å². The normalized spacial score (nSPS) is 11.8. The number of carbonyl (C=O) groups is 2. The molecule has 1 rings (SSSR count). The molecule has 0 aliphatic carbocycles. The summed E-state index contributed by atoms with van der Waals surface area (Å²) in [6.07, 6.45) is 5.10. The quantitative estimate of drug-likeness (QED) is 0.466. The van der Waals surface area contributed by atoms with Crippen LogP contribution < -0.4 is 0 Å². The highest BCUT2D eigenvalue weighted by molar-refractivity contribution is 6.03. The summed E-state index contributed by atoms with van der Waals surface area (Å²) in [6.45, 7) is 6.93. The summed E-state index contributed by atoms with van der Waals surface area (Å²) in [5.41, 5.74) is 0.548. The largest absolute Gasteiger partial charge is 0.462 e. The molecule has 0 amide bonds. The first kappa shape index (κ1) is 19.2. The summed E-state index contributed by atoms with van der Waals surface area (Å²) in [6, 6.07) is 6.65. The van der Waals surface area contributed by atoms with Crippen LogP contribution in [-0.4, -0.2) is 25.2 Å². The predicted molar refractivity (Wildman–Crippen MR) is 90.6 cm³/mol. The van der Waals surface area contributed by atoms with E-state index in [2.05, 4.69) is 6.92 Å². The molecule has 1 aromatic rings. The topological polar surface area (TPSA) is 52.6 Å². The highest BCUT2D eigenvalue weighted by Gasteiger charge is 2.19. The highest BCUT2D eigenvalue weighted by atomic mass is 16.5. The van der Waals surface area contributed by atoms with Crippen LogP contribution in [0.15, 0.2) is 24.3 Å². The van der Waals surface area contributed by atoms with Crippen molar-refractivity contribution in [3.05, 3.63) is 35.4 Å². The predicted octanol–water partition coefficient (Wildman–Crippen LogP) is 4.63. The van der Waals surface area contributed by atoms with Gasteiger partial charge in [0, 0.05) is 0 Å². The van der Waals surface area contributed by atoms with Crippen molar-refractivity contribution in [3.63, 3.8) is 0 Å². The molecule has 1 unspecified atom stereocenters. The lowest BCUT2D eigenvalue weighted by molar-refractivity contribution is 0.0419. The molecule has 1 atom stereocenters. The average Bonchev–Trinajstić information content (AvgIpc) is 2.58. The molecule has 0 fully saturated rings. The molecule has 0 heterocycles. The monoisotopic (exact) mass is 320 g/mol. The van der Waals surface area contributed by atoms with Gasteiger partial charge in [-0.1, -0.05) is 58.6 Å². The van der Waals surface area contributed by atoms with Crippen LogP contribution in [0.5, 0.6) is 0 Å². The Hall–Kier alpha value is -1.84. The van der Waals surface area contributed by atoms with Gasteiger partial charge in [0.25, 0.3) is 0 Å². The van der Waals surface area contributed by atoms with E-state index >= 15 is 0 Å². The van der Waals surface area contributed by atoms with E-state index in [4.69, 9.17) is 9.47 Å². The third-order valence-electron chi connectivity index (χ3n) is 3.79. The van der Waals surface area contributed by atoms with Crippen molar-refractivity contribution in [2.45, 2.75) is 52.9 Å². The summed E-state index contributed by atoms with van der Waals surface area (Å²) >= 11 is 0. The van der Waals surface area contributed by atoms with E-state index in [0.29, 0.717) is 19.1 Å². The number of esters is 2. The van der Waals surface area contributed by atoms with Crippen LogP contribution in [0.25, 0.3) is 0 Å². The first-order valence-corrected chi connectivity index (χ1v) is 8.53. The molecule has 4 heteroatoms. The molecule has 0 aliphatic heterocycles. The average molecular weight is 320 g/mol. The van der Waals surface area contributed by atoms with Gasteiger partial charge in [-0.3, -0.25) is 0 Å². The van der Waals surface area contributed by atoms with Crippen molar-refractivity contribution in [3.8, 4) is 0 Å². The maximum Gasteiger partial charge on any atom is 0.339 e. The SMILES string of the molecule is CCCCCCOC(=O)c1ccccc1C(=O)OCC(C)CC. The van der Waals surface area contributed by atoms with Crippen molar-refractivity contribution in [2.24, 2.45) is 5.92 Å². The van der Waals surface area contributed by atoms with Gasteiger partial charge < -0.3 is 9.47 Å². The minimum atomic E-state index is -0.469. The number of hydrogen-bond acceptors (Lipinski definition) is 4. The third-order valence-corrected chi connectivity index (χ3v) is 3.79. The molecule has 23 heavy (non-hydrogen) atoms. The van der Waals surface area contributed by atoms with Gasteiger partial charge in [-0.15, -0.1) is 0 Å². The van der Waals surface area contributed by atoms with Gasteiger partial charge in [0.05, 0.1) is 24.3 Å². The van der Waals surface area contributed by atoms with Crippen LogP contribution in [0.3, 0.4) is 0 Å². The van der Waals surface area contributed by atoms with Crippen LogP contribution in [0.2, 0.25) is 0 Å². The first-order chi connectivity index (χ1) is 11.1. The van der Waals surface area contributed by atoms with Gasteiger partial charge in [0.2, 0.25) is 0 Å². The molecule has 0 saturated heterocycles. The Balaban J connectivity index is 2.61. The Morgan fingerprint density at radius 1 is 0.957 bits per heavy atom. The summed E-state index contributed by atoms with van der Waals surface area (Å²) in [4.78, 5) is 24.3. The summed E-state index contributed by atoms with van der Waals surface area (Å²) in [5.74, 6) is -0.627. The van der Waals surface area contributed by atoms with Crippen molar-refractivity contribution in [1.82, 2.24) is 0 Å². The summed E-state index contributed by atoms with van der Waals surface area (Å²) < 4.78 is 10.5. The fourth-order valence-corrected chi connectivity index (χ4v) is 2.02. The Bertz CT molecular complexity index is 496. The molecule has 0 spiro atoms. The zero-order valence-corrected chi connectivity index (χ0v) is 14.5. The van der Waals surface area contributed by atoms with Crippen LogP contribution >= 0.6 is 0 Å². The Kier molecular flexibility index (Phi) is 9.03. The van der Waals surface area contributed by atoms with Crippen LogP contribution in [0.1, 0.15) is 73.6 Å². The standard InChI is InChI=1S/C19H28O4/c1-4-6-7-10-13-22-18(20)16-11-8-9-12-17(16)19(21)23-14-15(3)5-2/h8-9,11-12,15H,4-7,10,13-14H2,1-3H3. The first-order valence-electron chi connectivity index (χ1n) is 8.53. The van der Waals surface area contributed by atoms with Crippen LogP contribution in [-0.2, 0) is 9.47 Å². The van der Waals surface area contributed by atoms with Gasteiger partial charge in [0.1, 0.15) is 0 Å². The van der Waals surface area contributed by atoms with Gasteiger partial charge in [-0.2, -0.15) is 0 Å². The zero-order valence-electron chi connectivity index (χ0n) is 14.5. The Labute approximate surface area is 139 Å². The number of unbranched alkanes of at least 4 members (excludes halogenated alkanes) is 3. The van der Waals surface area contributed by atoms with Crippen molar-refractivity contribution >= 4 is 11.9 Å². The van der Waals surface area contributed by atoms with Crippen molar-refractivity contribution in [1.29, 1.82) is 0 Å².